The van der Waals surface area contributed by atoms with Crippen molar-refractivity contribution in [2.75, 3.05) is 38.2 Å². The second kappa shape index (κ2) is 9.31. The number of amides is 2. The number of nitrogens with zero attached hydrogens (tertiary/aromatic N) is 2. The minimum absolute atomic E-state index is 0.107. The van der Waals surface area contributed by atoms with Crippen LogP contribution in [0.15, 0.2) is 42.6 Å². The molecule has 2 aromatic rings. The third-order valence-corrected chi connectivity index (χ3v) is 4.94. The highest BCUT2D eigenvalue weighted by Crippen LogP contribution is 2.29. The Morgan fingerprint density at radius 2 is 1.77 bits per heavy atom. The first-order chi connectivity index (χ1) is 14.3. The first-order valence-electron chi connectivity index (χ1n) is 9.45. The summed E-state index contributed by atoms with van der Waals surface area (Å²) in [6.45, 7) is 2.77. The van der Waals surface area contributed by atoms with Crippen molar-refractivity contribution < 1.29 is 27.5 Å². The minimum Gasteiger partial charge on any atom is -0.379 e. The Labute approximate surface area is 171 Å². The summed E-state index contributed by atoms with van der Waals surface area (Å²) in [5, 5.41) is 4.94. The number of rotatable bonds is 5. The van der Waals surface area contributed by atoms with Crippen LogP contribution in [0.5, 0.6) is 0 Å². The normalized spacial score (nSPS) is 16.1. The van der Waals surface area contributed by atoms with Crippen LogP contribution in [0.4, 0.5) is 18.9 Å². The molecular formula is C20H23F3N4O3. The Hall–Kier alpha value is -2.85. The van der Waals surface area contributed by atoms with Gasteiger partial charge in [-0.1, -0.05) is 0 Å². The van der Waals surface area contributed by atoms with Crippen LogP contribution in [-0.4, -0.2) is 54.1 Å². The van der Waals surface area contributed by atoms with Crippen LogP contribution in [0.3, 0.4) is 0 Å². The van der Waals surface area contributed by atoms with Crippen LogP contribution in [0.25, 0.3) is 0 Å². The predicted octanol–water partition coefficient (Wildman–Crippen LogP) is 2.17. The van der Waals surface area contributed by atoms with Crippen LogP contribution in [0.1, 0.15) is 17.3 Å². The van der Waals surface area contributed by atoms with Crippen molar-refractivity contribution in [1.82, 2.24) is 14.8 Å². The number of anilines is 1. The molecule has 1 aromatic carbocycles. The van der Waals surface area contributed by atoms with E-state index in [4.69, 9.17) is 4.74 Å². The maximum atomic E-state index is 12.6. The maximum Gasteiger partial charge on any atom is 0.416 e. The van der Waals surface area contributed by atoms with Crippen molar-refractivity contribution in [2.24, 2.45) is 7.05 Å². The molecule has 1 aliphatic rings. The Bertz CT molecular complexity index is 874. The average Bonchev–Trinajstić information content (AvgIpc) is 3.14. The zero-order chi connectivity index (χ0) is 21.7. The summed E-state index contributed by atoms with van der Waals surface area (Å²) in [7, 11) is 1.90. The second-order valence-corrected chi connectivity index (χ2v) is 6.95. The van der Waals surface area contributed by atoms with E-state index in [0.717, 1.165) is 30.0 Å². The summed E-state index contributed by atoms with van der Waals surface area (Å²) in [5.41, 5.74) is 0.261. The summed E-state index contributed by atoms with van der Waals surface area (Å²) in [4.78, 5) is 26.6. The highest BCUT2D eigenvalue weighted by molar-refractivity contribution is 6.39. The van der Waals surface area contributed by atoms with Gasteiger partial charge < -0.3 is 19.9 Å². The minimum atomic E-state index is -4.47. The van der Waals surface area contributed by atoms with Crippen LogP contribution < -0.4 is 10.6 Å². The molecule has 0 aliphatic carbocycles. The molecule has 0 saturated carbocycles. The number of nitrogens with one attached hydrogen (secondary N) is 2. The van der Waals surface area contributed by atoms with Crippen molar-refractivity contribution >= 4 is 17.5 Å². The van der Waals surface area contributed by atoms with Gasteiger partial charge in [-0.3, -0.25) is 14.5 Å². The molecule has 2 amide bonds. The fourth-order valence-corrected chi connectivity index (χ4v) is 3.33. The fourth-order valence-electron chi connectivity index (χ4n) is 3.33. The van der Waals surface area contributed by atoms with Crippen molar-refractivity contribution in [1.29, 1.82) is 0 Å². The first-order valence-corrected chi connectivity index (χ1v) is 9.45. The number of aromatic nitrogens is 1. The van der Waals surface area contributed by atoms with E-state index in [1.54, 1.807) is 0 Å². The molecule has 162 valence electrons. The van der Waals surface area contributed by atoms with Gasteiger partial charge in [0, 0.05) is 44.3 Å². The van der Waals surface area contributed by atoms with E-state index in [2.05, 4.69) is 15.5 Å². The molecular weight excluding hydrogens is 401 g/mol. The fraction of sp³-hybridized carbons (Fsp3) is 0.400. The first kappa shape index (κ1) is 21.8. The lowest BCUT2D eigenvalue weighted by Gasteiger charge is -2.34. The van der Waals surface area contributed by atoms with Gasteiger partial charge in [-0.15, -0.1) is 0 Å². The zero-order valence-corrected chi connectivity index (χ0v) is 16.4. The molecule has 0 radical (unpaired) electrons. The maximum absolute atomic E-state index is 12.6. The number of ether oxygens (including phenoxy) is 1. The van der Waals surface area contributed by atoms with Crippen LogP contribution in [-0.2, 0) is 27.5 Å². The average molecular weight is 424 g/mol. The number of carbonyl (C=O) groups is 2. The van der Waals surface area contributed by atoms with Gasteiger partial charge in [-0.05, 0) is 36.4 Å². The molecule has 0 bridgehead atoms. The van der Waals surface area contributed by atoms with E-state index < -0.39 is 23.6 Å². The smallest absolute Gasteiger partial charge is 0.379 e. The molecule has 3 rings (SSSR count). The quantitative estimate of drug-likeness (QED) is 0.722. The Kier molecular flexibility index (Phi) is 6.78. The molecule has 1 fully saturated rings. The van der Waals surface area contributed by atoms with E-state index >= 15 is 0 Å². The number of morpholine rings is 1. The van der Waals surface area contributed by atoms with Crippen LogP contribution in [0, 0.1) is 0 Å². The molecule has 2 heterocycles. The number of hydrogen-bond donors (Lipinski definition) is 2. The lowest BCUT2D eigenvalue weighted by Crippen LogP contribution is -2.46. The summed E-state index contributed by atoms with van der Waals surface area (Å²) in [6, 6.07) is 7.62. The van der Waals surface area contributed by atoms with Crippen molar-refractivity contribution in [2.45, 2.75) is 12.2 Å². The third kappa shape index (κ3) is 5.39. The molecule has 1 saturated heterocycles. The number of halogens is 3. The highest BCUT2D eigenvalue weighted by Gasteiger charge is 2.30. The van der Waals surface area contributed by atoms with Gasteiger partial charge in [0.1, 0.15) is 0 Å². The summed E-state index contributed by atoms with van der Waals surface area (Å²) < 4.78 is 45.2. The monoisotopic (exact) mass is 424 g/mol. The summed E-state index contributed by atoms with van der Waals surface area (Å²) >= 11 is 0. The Morgan fingerprint density at radius 1 is 1.10 bits per heavy atom. The van der Waals surface area contributed by atoms with Gasteiger partial charge in [0.25, 0.3) is 0 Å². The number of alkyl halides is 3. The second-order valence-electron chi connectivity index (χ2n) is 6.95. The van der Waals surface area contributed by atoms with Gasteiger partial charge in [-0.2, -0.15) is 13.2 Å². The van der Waals surface area contributed by atoms with E-state index in [1.807, 2.05) is 29.9 Å². The lowest BCUT2D eigenvalue weighted by molar-refractivity contribution is -0.137. The van der Waals surface area contributed by atoms with Gasteiger partial charge >= 0.3 is 18.0 Å². The molecule has 1 aromatic heterocycles. The highest BCUT2D eigenvalue weighted by atomic mass is 19.4. The van der Waals surface area contributed by atoms with Crippen molar-refractivity contribution in [3.8, 4) is 0 Å². The predicted molar refractivity (Wildman–Crippen MR) is 104 cm³/mol. The molecule has 1 aliphatic heterocycles. The van der Waals surface area contributed by atoms with Gasteiger partial charge in [0.15, 0.2) is 0 Å². The molecule has 7 nitrogen and oxygen atoms in total. The number of hydrogen-bond acceptors (Lipinski definition) is 4. The number of aryl methyl sites for hydroxylation is 1. The Morgan fingerprint density at radius 3 is 2.33 bits per heavy atom. The third-order valence-electron chi connectivity index (χ3n) is 4.94. The van der Waals surface area contributed by atoms with Gasteiger partial charge in [-0.25, -0.2) is 0 Å². The number of benzene rings is 1. The van der Waals surface area contributed by atoms with E-state index in [1.165, 1.54) is 0 Å². The standard InChI is InChI=1S/C20H23F3N4O3/c1-26-8-2-3-16(26)17(27-9-11-30-12-10-27)13-24-18(28)19(29)25-15-6-4-14(5-7-15)20(21,22)23/h2-8,17H,9-13H2,1H3,(H,24,28)(H,25,29). The van der Waals surface area contributed by atoms with E-state index in [0.29, 0.717) is 26.3 Å². The van der Waals surface area contributed by atoms with Crippen molar-refractivity contribution in [3.63, 3.8) is 0 Å². The van der Waals surface area contributed by atoms with Gasteiger partial charge in [0.2, 0.25) is 0 Å². The zero-order valence-electron chi connectivity index (χ0n) is 16.4. The molecule has 1 unspecified atom stereocenters. The van der Waals surface area contributed by atoms with Crippen molar-refractivity contribution in [3.05, 3.63) is 53.9 Å². The topological polar surface area (TPSA) is 75.6 Å². The summed E-state index contributed by atoms with van der Waals surface area (Å²) in [5.74, 6) is -1.80. The molecule has 2 N–H and O–H groups in total. The van der Waals surface area contributed by atoms with E-state index in [9.17, 15) is 22.8 Å². The number of carbonyl (C=O) groups excluding carboxylic acids is 2. The molecule has 30 heavy (non-hydrogen) atoms. The molecule has 1 atom stereocenters. The van der Waals surface area contributed by atoms with Crippen LogP contribution >= 0.6 is 0 Å². The van der Waals surface area contributed by atoms with Crippen LogP contribution in [0.2, 0.25) is 0 Å². The summed E-state index contributed by atoms with van der Waals surface area (Å²) in [6.07, 6.45) is -2.56. The SMILES string of the molecule is Cn1cccc1C(CNC(=O)C(=O)Nc1ccc(C(F)(F)F)cc1)N1CCOCC1. The largest absolute Gasteiger partial charge is 0.416 e. The van der Waals surface area contributed by atoms with E-state index in [-0.39, 0.29) is 18.3 Å². The molecule has 0 spiro atoms. The lowest BCUT2D eigenvalue weighted by atomic mass is 10.1. The Balaban J connectivity index is 1.60. The molecule has 10 heteroatoms. The van der Waals surface area contributed by atoms with Gasteiger partial charge in [0.05, 0.1) is 24.8 Å².